The Morgan fingerprint density at radius 1 is 0.971 bits per heavy atom. The second-order valence-corrected chi connectivity index (χ2v) is 9.59. The molecule has 0 spiro atoms. The van der Waals surface area contributed by atoms with Crippen LogP contribution in [-0.2, 0) is 11.2 Å². The first-order chi connectivity index (χ1) is 17.0. The van der Waals surface area contributed by atoms with Crippen LogP contribution in [0.2, 0.25) is 0 Å². The van der Waals surface area contributed by atoms with Gasteiger partial charge in [0.1, 0.15) is 17.0 Å². The number of para-hydroxylation sites is 1. The van der Waals surface area contributed by atoms with Gasteiger partial charge in [0.05, 0.1) is 16.8 Å². The van der Waals surface area contributed by atoms with Crippen LogP contribution >= 0.6 is 11.6 Å². The van der Waals surface area contributed by atoms with Gasteiger partial charge in [0.2, 0.25) is 5.91 Å². The Bertz CT molecular complexity index is 1320. The van der Waals surface area contributed by atoms with E-state index in [2.05, 4.69) is 17.0 Å². The van der Waals surface area contributed by atoms with Crippen molar-refractivity contribution >= 4 is 34.4 Å². The number of hydrogen-bond acceptors (Lipinski definition) is 5. The number of rotatable bonds is 5. The van der Waals surface area contributed by atoms with Gasteiger partial charge in [0, 0.05) is 32.6 Å². The molecule has 1 aliphatic rings. The molecular formula is C27H29ClN6O. The predicted molar refractivity (Wildman–Crippen MR) is 139 cm³/mol. The maximum absolute atomic E-state index is 12.5. The van der Waals surface area contributed by atoms with E-state index in [1.54, 1.807) is 6.92 Å². The topological polar surface area (TPSA) is 67.2 Å². The predicted octanol–water partition coefficient (Wildman–Crippen LogP) is 4.38. The van der Waals surface area contributed by atoms with E-state index < -0.39 is 5.38 Å². The number of anilines is 1. The zero-order chi connectivity index (χ0) is 24.4. The Labute approximate surface area is 210 Å². The molecule has 7 nitrogen and oxygen atoms in total. The van der Waals surface area contributed by atoms with E-state index in [9.17, 15) is 4.79 Å². The van der Waals surface area contributed by atoms with E-state index in [1.807, 2.05) is 65.0 Å². The number of carbonyl (C=O) groups excluding carboxylic acids is 1. The molecule has 2 aromatic heterocycles. The number of hydrogen-bond donors (Lipinski definition) is 0. The third-order valence-electron chi connectivity index (χ3n) is 6.38. The summed E-state index contributed by atoms with van der Waals surface area (Å²) < 4.78 is 1.91. The normalized spacial score (nSPS) is 15.3. The van der Waals surface area contributed by atoms with Crippen LogP contribution in [0.3, 0.4) is 0 Å². The maximum atomic E-state index is 12.5. The molecule has 5 rings (SSSR count). The van der Waals surface area contributed by atoms with Gasteiger partial charge in [-0.3, -0.25) is 4.79 Å². The molecule has 0 radical (unpaired) electrons. The maximum Gasteiger partial charge on any atom is 0.240 e. The van der Waals surface area contributed by atoms with E-state index in [4.69, 9.17) is 26.7 Å². The number of aryl methyl sites for hydroxylation is 1. The van der Waals surface area contributed by atoms with Gasteiger partial charge in [-0.25, -0.2) is 14.6 Å². The second-order valence-electron chi connectivity index (χ2n) is 8.94. The molecule has 1 aliphatic heterocycles. The summed E-state index contributed by atoms with van der Waals surface area (Å²) in [6.45, 7) is 6.53. The van der Waals surface area contributed by atoms with Crippen LogP contribution in [0.4, 0.5) is 5.82 Å². The van der Waals surface area contributed by atoms with Crippen molar-refractivity contribution < 1.29 is 4.79 Å². The Morgan fingerprint density at radius 2 is 1.69 bits per heavy atom. The number of carbonyl (C=O) groups is 1. The zero-order valence-corrected chi connectivity index (χ0v) is 20.8. The van der Waals surface area contributed by atoms with E-state index in [1.165, 1.54) is 0 Å². The molecule has 0 N–H and O–H groups in total. The summed E-state index contributed by atoms with van der Waals surface area (Å²) in [5.41, 5.74) is 3.81. The van der Waals surface area contributed by atoms with Gasteiger partial charge in [-0.2, -0.15) is 5.10 Å². The highest BCUT2D eigenvalue weighted by molar-refractivity contribution is 6.30. The van der Waals surface area contributed by atoms with Crippen molar-refractivity contribution in [3.05, 3.63) is 77.7 Å². The average molecular weight is 489 g/mol. The van der Waals surface area contributed by atoms with Crippen molar-refractivity contribution in [2.75, 3.05) is 31.1 Å². The van der Waals surface area contributed by atoms with Crippen LogP contribution in [0.5, 0.6) is 0 Å². The molecule has 0 saturated carbocycles. The first-order valence-electron chi connectivity index (χ1n) is 12.0. The molecule has 8 heteroatoms. The SMILES string of the molecule is Cc1nn(-c2ccccc2)c2nc(Cc3ccccc3)nc(N3CCCN(C(=O)C(C)Cl)CC3)c12. The molecule has 1 atom stereocenters. The minimum atomic E-state index is -0.517. The number of benzene rings is 2. The molecule has 35 heavy (non-hydrogen) atoms. The fourth-order valence-electron chi connectivity index (χ4n) is 4.64. The van der Waals surface area contributed by atoms with Gasteiger partial charge in [-0.05, 0) is 38.0 Å². The molecule has 1 saturated heterocycles. The van der Waals surface area contributed by atoms with Gasteiger partial charge in [0.25, 0.3) is 0 Å². The minimum Gasteiger partial charge on any atom is -0.354 e. The van der Waals surface area contributed by atoms with Crippen molar-refractivity contribution in [1.82, 2.24) is 24.6 Å². The third-order valence-corrected chi connectivity index (χ3v) is 6.57. The monoisotopic (exact) mass is 488 g/mol. The highest BCUT2D eigenvalue weighted by atomic mass is 35.5. The number of nitrogens with zero attached hydrogens (tertiary/aromatic N) is 6. The van der Waals surface area contributed by atoms with Gasteiger partial charge in [-0.1, -0.05) is 48.5 Å². The van der Waals surface area contributed by atoms with Crippen LogP contribution in [0, 0.1) is 6.92 Å². The molecule has 1 fully saturated rings. The molecular weight excluding hydrogens is 460 g/mol. The van der Waals surface area contributed by atoms with Crippen molar-refractivity contribution in [3.8, 4) is 5.69 Å². The van der Waals surface area contributed by atoms with Gasteiger partial charge >= 0.3 is 0 Å². The number of amides is 1. The lowest BCUT2D eigenvalue weighted by Crippen LogP contribution is -2.38. The number of fused-ring (bicyclic) bond motifs is 1. The molecule has 1 amide bonds. The molecule has 0 aliphatic carbocycles. The second kappa shape index (κ2) is 10.0. The number of aromatic nitrogens is 4. The molecule has 0 bridgehead atoms. The summed E-state index contributed by atoms with van der Waals surface area (Å²) in [6.07, 6.45) is 1.48. The van der Waals surface area contributed by atoms with E-state index >= 15 is 0 Å². The first-order valence-corrected chi connectivity index (χ1v) is 12.5. The highest BCUT2D eigenvalue weighted by Crippen LogP contribution is 2.30. The molecule has 180 valence electrons. The van der Waals surface area contributed by atoms with Gasteiger partial charge in [0.15, 0.2) is 5.65 Å². The quantitative estimate of drug-likeness (QED) is 0.390. The van der Waals surface area contributed by atoms with Gasteiger partial charge in [-0.15, -0.1) is 11.6 Å². The Hall–Kier alpha value is -3.45. The van der Waals surface area contributed by atoms with Crippen LogP contribution in [0.15, 0.2) is 60.7 Å². The summed E-state index contributed by atoms with van der Waals surface area (Å²) in [5, 5.41) is 5.30. The number of alkyl halides is 1. The van der Waals surface area contributed by atoms with E-state index in [-0.39, 0.29) is 5.91 Å². The van der Waals surface area contributed by atoms with Crippen LogP contribution in [-0.4, -0.2) is 62.1 Å². The summed E-state index contributed by atoms with van der Waals surface area (Å²) >= 11 is 6.09. The van der Waals surface area contributed by atoms with Crippen molar-refractivity contribution in [3.63, 3.8) is 0 Å². The summed E-state index contributed by atoms with van der Waals surface area (Å²) in [4.78, 5) is 26.7. The van der Waals surface area contributed by atoms with Crippen molar-refractivity contribution in [2.45, 2.75) is 32.1 Å². The molecule has 2 aromatic carbocycles. The summed E-state index contributed by atoms with van der Waals surface area (Å²) in [5.74, 6) is 1.62. The lowest BCUT2D eigenvalue weighted by Gasteiger charge is -2.24. The van der Waals surface area contributed by atoms with Crippen molar-refractivity contribution in [2.24, 2.45) is 0 Å². The van der Waals surface area contributed by atoms with Crippen LogP contribution in [0.1, 0.15) is 30.4 Å². The Balaban J connectivity index is 1.59. The zero-order valence-electron chi connectivity index (χ0n) is 20.1. The third kappa shape index (κ3) is 4.86. The average Bonchev–Trinajstić information content (AvgIpc) is 3.04. The van der Waals surface area contributed by atoms with Crippen LogP contribution in [0.25, 0.3) is 16.7 Å². The fraction of sp³-hybridized carbons (Fsp3) is 0.333. The Morgan fingerprint density at radius 3 is 2.40 bits per heavy atom. The lowest BCUT2D eigenvalue weighted by molar-refractivity contribution is -0.130. The minimum absolute atomic E-state index is 0.0146. The Kier molecular flexibility index (Phi) is 6.68. The highest BCUT2D eigenvalue weighted by Gasteiger charge is 2.26. The number of halogens is 1. The van der Waals surface area contributed by atoms with E-state index in [0.717, 1.165) is 52.6 Å². The van der Waals surface area contributed by atoms with Gasteiger partial charge < -0.3 is 9.80 Å². The largest absolute Gasteiger partial charge is 0.354 e. The van der Waals surface area contributed by atoms with E-state index in [0.29, 0.717) is 26.1 Å². The summed E-state index contributed by atoms with van der Waals surface area (Å²) in [7, 11) is 0. The molecule has 4 aromatic rings. The molecule has 3 heterocycles. The molecule has 1 unspecified atom stereocenters. The first kappa shape index (κ1) is 23.3. The summed E-state index contributed by atoms with van der Waals surface area (Å²) in [6, 6.07) is 20.3. The fourth-order valence-corrected chi connectivity index (χ4v) is 4.78. The van der Waals surface area contributed by atoms with Crippen LogP contribution < -0.4 is 4.90 Å². The standard InChI is InChI=1S/C27H29ClN6O/c1-19(28)27(35)33-15-9-14-32(16-17-33)25-24-20(2)31-34(22-12-7-4-8-13-22)26(24)30-23(29-25)18-21-10-5-3-6-11-21/h3-8,10-13,19H,9,14-18H2,1-2H3. The lowest BCUT2D eigenvalue weighted by atomic mass is 10.1. The smallest absolute Gasteiger partial charge is 0.240 e. The van der Waals surface area contributed by atoms with Crippen molar-refractivity contribution in [1.29, 1.82) is 0 Å².